The molecule has 22 heavy (non-hydrogen) atoms. The largest absolute Gasteiger partial charge is 0.479 e. The van der Waals surface area contributed by atoms with E-state index >= 15 is 0 Å². The van der Waals surface area contributed by atoms with Crippen molar-refractivity contribution in [2.45, 2.75) is 16.6 Å². The zero-order chi connectivity index (χ0) is 16.8. The molecule has 1 amide bonds. The van der Waals surface area contributed by atoms with Gasteiger partial charge in [0, 0.05) is 6.42 Å². The number of carbonyl (C=O) groups is 2. The van der Waals surface area contributed by atoms with Gasteiger partial charge in [0.15, 0.2) is 3.55 Å². The minimum absolute atomic E-state index is 0.0441. The molecule has 0 spiro atoms. The molecule has 0 radical (unpaired) electrons. The fraction of sp³-hybridized carbons (Fsp3) is 0.333. The Balaban J connectivity index is 2.60. The number of carbonyl (C=O) groups excluding carboxylic acids is 1. The minimum atomic E-state index is -4.37. The van der Waals surface area contributed by atoms with Gasteiger partial charge in [-0.05, 0) is 28.2 Å². The first-order valence-electron chi connectivity index (χ1n) is 6.08. The molecule has 0 fully saturated rings. The van der Waals surface area contributed by atoms with E-state index in [0.717, 1.165) is 5.56 Å². The van der Waals surface area contributed by atoms with Crippen LogP contribution in [-0.2, 0) is 20.7 Å². The smallest absolute Gasteiger partial charge is 0.408 e. The highest BCUT2D eigenvalue weighted by Crippen LogP contribution is 2.38. The molecule has 0 saturated carbocycles. The zero-order valence-electron chi connectivity index (χ0n) is 11.3. The molecule has 0 aliphatic carbocycles. The van der Waals surface area contributed by atoms with Crippen LogP contribution in [0.3, 0.4) is 0 Å². The van der Waals surface area contributed by atoms with Crippen molar-refractivity contribution in [2.24, 2.45) is 0 Å². The summed E-state index contributed by atoms with van der Waals surface area (Å²) >= 11 is 1.42. The number of alkyl carbamates (subject to hydrolysis) is 1. The number of benzene rings is 1. The van der Waals surface area contributed by atoms with Crippen LogP contribution in [0.2, 0.25) is 0 Å². The lowest BCUT2D eigenvalue weighted by atomic mass is 10.2. The van der Waals surface area contributed by atoms with Crippen molar-refractivity contribution in [3.05, 3.63) is 35.9 Å². The maximum atomic E-state index is 11.7. The van der Waals surface area contributed by atoms with Crippen LogP contribution in [-0.4, -0.2) is 36.7 Å². The molecule has 1 rings (SSSR count). The predicted molar refractivity (Wildman–Crippen MR) is 85.7 cm³/mol. The molecule has 1 aromatic rings. The van der Waals surface area contributed by atoms with Crippen molar-refractivity contribution in [1.82, 2.24) is 5.32 Å². The molecule has 1 atom stereocenters. The molecule has 0 saturated heterocycles. The molecule has 8 nitrogen and oxygen atoms in total. The fourth-order valence-corrected chi connectivity index (χ4v) is 2.99. The molecule has 122 valence electrons. The summed E-state index contributed by atoms with van der Waals surface area (Å²) in [5, 5.41) is 11.3. The second kappa shape index (κ2) is 7.91. The van der Waals surface area contributed by atoms with Crippen LogP contribution in [0.15, 0.2) is 30.3 Å². The number of hydrogen-bond acceptors (Lipinski definition) is 4. The second-order valence-corrected chi connectivity index (χ2v) is 8.05. The summed E-state index contributed by atoms with van der Waals surface area (Å²) < 4.78 is 13.9. The summed E-state index contributed by atoms with van der Waals surface area (Å²) in [6.45, 7) is -0.0441. The van der Waals surface area contributed by atoms with Gasteiger partial charge in [-0.1, -0.05) is 30.3 Å². The highest BCUT2D eigenvalue weighted by molar-refractivity contribution is 14.1. The van der Waals surface area contributed by atoms with Crippen molar-refractivity contribution in [3.8, 4) is 0 Å². The van der Waals surface area contributed by atoms with E-state index in [1.54, 1.807) is 30.3 Å². The molecule has 0 aromatic heterocycles. The van der Waals surface area contributed by atoms with Gasteiger partial charge >= 0.3 is 19.7 Å². The van der Waals surface area contributed by atoms with E-state index in [9.17, 15) is 14.2 Å². The fourth-order valence-electron chi connectivity index (χ4n) is 1.44. The number of hydrogen-bond donors (Lipinski definition) is 4. The van der Waals surface area contributed by atoms with Crippen LogP contribution in [0.1, 0.15) is 12.0 Å². The van der Waals surface area contributed by atoms with Crippen LogP contribution in [0.4, 0.5) is 4.79 Å². The number of carboxylic acid groups (broad SMARTS) is 1. The number of amides is 1. The number of alkyl halides is 1. The van der Waals surface area contributed by atoms with Crippen LogP contribution in [0, 0.1) is 0 Å². The molecule has 0 heterocycles. The molecule has 1 aromatic carbocycles. The first kappa shape index (κ1) is 18.9. The van der Waals surface area contributed by atoms with Crippen molar-refractivity contribution in [3.63, 3.8) is 0 Å². The van der Waals surface area contributed by atoms with Crippen molar-refractivity contribution >= 4 is 42.2 Å². The topological polar surface area (TPSA) is 133 Å². The second-order valence-electron chi connectivity index (χ2n) is 4.43. The van der Waals surface area contributed by atoms with E-state index in [-0.39, 0.29) is 6.61 Å². The number of ether oxygens (including phenoxy) is 1. The molecule has 4 N–H and O–H groups in total. The predicted octanol–water partition coefficient (Wildman–Crippen LogP) is 1.70. The third-order valence-corrected chi connectivity index (χ3v) is 4.68. The van der Waals surface area contributed by atoms with Gasteiger partial charge in [-0.25, -0.2) is 9.59 Å². The Bertz CT molecular complexity index is 576. The van der Waals surface area contributed by atoms with E-state index < -0.39 is 35.8 Å². The molecular weight excluding hydrogens is 428 g/mol. The van der Waals surface area contributed by atoms with Crippen molar-refractivity contribution in [2.75, 3.05) is 6.16 Å². The highest BCUT2D eigenvalue weighted by atomic mass is 127. The zero-order valence-corrected chi connectivity index (χ0v) is 14.4. The third-order valence-electron chi connectivity index (χ3n) is 2.60. The lowest BCUT2D eigenvalue weighted by Crippen LogP contribution is -2.50. The van der Waals surface area contributed by atoms with Crippen LogP contribution >= 0.6 is 30.2 Å². The highest BCUT2D eigenvalue weighted by Gasteiger charge is 2.39. The van der Waals surface area contributed by atoms with E-state index in [0.29, 0.717) is 0 Å². The van der Waals surface area contributed by atoms with Crippen molar-refractivity contribution < 1.29 is 33.8 Å². The summed E-state index contributed by atoms with van der Waals surface area (Å²) in [5.41, 5.74) is 0.724. The summed E-state index contributed by atoms with van der Waals surface area (Å²) in [6, 6.07) is 8.78. The average molecular weight is 443 g/mol. The van der Waals surface area contributed by atoms with Gasteiger partial charge < -0.3 is 19.6 Å². The average Bonchev–Trinajstić information content (AvgIpc) is 2.43. The summed E-state index contributed by atoms with van der Waals surface area (Å²) in [4.78, 5) is 40.5. The number of aliphatic carboxylic acids is 1. The van der Waals surface area contributed by atoms with Gasteiger partial charge in [-0.3, -0.25) is 9.88 Å². The standard InChI is InChI=1S/C12H15INO7P/c13-12(10(15)16,6-7-22(18,19)20)14-11(17)21-8-9-4-2-1-3-5-9/h1-5H,6-8H2,(H,14,17)(H,15,16)(H2,18,19,20)/t12-/m0/s1. The van der Waals surface area contributed by atoms with Crippen LogP contribution in [0.5, 0.6) is 0 Å². The van der Waals surface area contributed by atoms with Gasteiger partial charge in [0.05, 0.1) is 6.16 Å². The first-order valence-corrected chi connectivity index (χ1v) is 8.96. The SMILES string of the molecule is O=C(N[C@@](I)(CCP(=O)(O)O)C(=O)O)OCc1ccccc1. The number of carboxylic acids is 1. The van der Waals surface area contributed by atoms with Gasteiger partial charge in [0.25, 0.3) is 0 Å². The first-order chi connectivity index (χ1) is 10.1. The van der Waals surface area contributed by atoms with E-state index in [1.807, 2.05) is 0 Å². The summed E-state index contributed by atoms with van der Waals surface area (Å²) in [7, 11) is -4.37. The Kier molecular flexibility index (Phi) is 6.79. The summed E-state index contributed by atoms with van der Waals surface area (Å²) in [5.74, 6) is -1.42. The van der Waals surface area contributed by atoms with Gasteiger partial charge in [-0.2, -0.15) is 0 Å². The Labute approximate surface area is 140 Å². The maximum Gasteiger partial charge on any atom is 0.408 e. The Hall–Kier alpha value is -1.16. The lowest BCUT2D eigenvalue weighted by molar-refractivity contribution is -0.140. The van der Waals surface area contributed by atoms with E-state index in [4.69, 9.17) is 19.6 Å². The molecular formula is C12H15INO7P. The molecule has 0 unspecified atom stereocenters. The Morgan fingerprint density at radius 3 is 2.36 bits per heavy atom. The molecule has 0 aliphatic rings. The van der Waals surface area contributed by atoms with Gasteiger partial charge in [-0.15, -0.1) is 0 Å². The summed E-state index contributed by atoms with van der Waals surface area (Å²) in [6.07, 6.45) is -2.08. The minimum Gasteiger partial charge on any atom is -0.479 e. The van der Waals surface area contributed by atoms with Crippen LogP contribution in [0.25, 0.3) is 0 Å². The van der Waals surface area contributed by atoms with Gasteiger partial charge in [0.1, 0.15) is 6.61 Å². The quantitative estimate of drug-likeness (QED) is 0.218. The monoisotopic (exact) mass is 443 g/mol. The molecule has 10 heteroatoms. The number of rotatable bonds is 7. The number of nitrogens with one attached hydrogen (secondary N) is 1. The third kappa shape index (κ3) is 6.73. The Morgan fingerprint density at radius 1 is 1.27 bits per heavy atom. The number of halogens is 1. The Morgan fingerprint density at radius 2 is 1.86 bits per heavy atom. The van der Waals surface area contributed by atoms with Gasteiger partial charge in [0.2, 0.25) is 0 Å². The van der Waals surface area contributed by atoms with Crippen LogP contribution < -0.4 is 5.32 Å². The maximum absolute atomic E-state index is 11.7. The van der Waals surface area contributed by atoms with E-state index in [2.05, 4.69) is 5.32 Å². The normalized spacial score (nSPS) is 14.0. The lowest BCUT2D eigenvalue weighted by Gasteiger charge is -2.24. The van der Waals surface area contributed by atoms with Crippen molar-refractivity contribution in [1.29, 1.82) is 0 Å². The molecule has 0 aliphatic heterocycles. The van der Waals surface area contributed by atoms with E-state index in [1.165, 1.54) is 22.6 Å². The molecule has 0 bridgehead atoms.